The quantitative estimate of drug-likeness (QED) is 0.778. The van der Waals surface area contributed by atoms with Crippen LogP contribution in [0.3, 0.4) is 0 Å². The summed E-state index contributed by atoms with van der Waals surface area (Å²) in [5.41, 5.74) is 7.64. The first-order valence-corrected chi connectivity index (χ1v) is 5.31. The molecular formula is C11H15ClN2. The lowest BCUT2D eigenvalue weighted by Crippen LogP contribution is -2.21. The van der Waals surface area contributed by atoms with E-state index in [0.29, 0.717) is 10.7 Å². The van der Waals surface area contributed by atoms with Gasteiger partial charge in [-0.15, -0.1) is 0 Å². The molecule has 76 valence electrons. The van der Waals surface area contributed by atoms with E-state index in [4.69, 9.17) is 17.3 Å². The van der Waals surface area contributed by atoms with Gasteiger partial charge in [0.15, 0.2) is 0 Å². The van der Waals surface area contributed by atoms with Crippen molar-refractivity contribution >= 4 is 23.0 Å². The molecule has 0 spiro atoms. The lowest BCUT2D eigenvalue weighted by molar-refractivity contribution is 0.788. The van der Waals surface area contributed by atoms with E-state index in [-0.39, 0.29) is 0 Å². The van der Waals surface area contributed by atoms with Gasteiger partial charge < -0.3 is 10.6 Å². The maximum Gasteiger partial charge on any atom is 0.0741 e. The summed E-state index contributed by atoms with van der Waals surface area (Å²) in [7, 11) is 2.07. The highest BCUT2D eigenvalue weighted by molar-refractivity contribution is 6.33. The summed E-state index contributed by atoms with van der Waals surface area (Å²) in [6.45, 7) is 1.09. The van der Waals surface area contributed by atoms with Crippen molar-refractivity contribution in [3.63, 3.8) is 0 Å². The lowest BCUT2D eigenvalue weighted by Gasteiger charge is -2.21. The second-order valence-corrected chi connectivity index (χ2v) is 4.40. The summed E-state index contributed by atoms with van der Waals surface area (Å²) in [5, 5.41) is 0.644. The highest BCUT2D eigenvalue weighted by Crippen LogP contribution is 2.34. The third-order valence-electron chi connectivity index (χ3n) is 2.67. The van der Waals surface area contributed by atoms with Gasteiger partial charge in [-0.2, -0.15) is 0 Å². The summed E-state index contributed by atoms with van der Waals surface area (Å²) in [4.78, 5) is 2.19. The molecule has 1 aliphatic rings. The van der Waals surface area contributed by atoms with Crippen LogP contribution in [0.4, 0.5) is 11.4 Å². The van der Waals surface area contributed by atoms with Crippen LogP contribution in [0.25, 0.3) is 0 Å². The van der Waals surface area contributed by atoms with Crippen molar-refractivity contribution in [2.75, 3.05) is 24.2 Å². The molecule has 2 nitrogen and oxygen atoms in total. The maximum absolute atomic E-state index is 5.96. The zero-order valence-corrected chi connectivity index (χ0v) is 9.09. The smallest absolute Gasteiger partial charge is 0.0741 e. The Labute approximate surface area is 89.7 Å². The number of rotatable bonds is 3. The molecule has 0 amide bonds. The van der Waals surface area contributed by atoms with Crippen molar-refractivity contribution < 1.29 is 0 Å². The van der Waals surface area contributed by atoms with Crippen molar-refractivity contribution in [2.24, 2.45) is 5.92 Å². The first kappa shape index (κ1) is 9.66. The molecule has 1 fully saturated rings. The third-order valence-corrected chi connectivity index (χ3v) is 3.00. The number of benzene rings is 1. The van der Waals surface area contributed by atoms with E-state index in [0.717, 1.165) is 18.2 Å². The van der Waals surface area contributed by atoms with Crippen LogP contribution in [-0.2, 0) is 0 Å². The molecule has 14 heavy (non-hydrogen) atoms. The average molecular weight is 211 g/mol. The minimum Gasteiger partial charge on any atom is -0.396 e. The van der Waals surface area contributed by atoms with E-state index >= 15 is 0 Å². The maximum atomic E-state index is 5.96. The molecule has 1 aromatic rings. The predicted molar refractivity (Wildman–Crippen MR) is 61.9 cm³/mol. The second kappa shape index (κ2) is 3.70. The Morgan fingerprint density at radius 2 is 2.21 bits per heavy atom. The Balaban J connectivity index is 2.16. The van der Waals surface area contributed by atoms with Gasteiger partial charge in [-0.1, -0.05) is 17.7 Å². The Hall–Kier alpha value is -0.890. The van der Waals surface area contributed by atoms with Gasteiger partial charge in [0.2, 0.25) is 0 Å². The van der Waals surface area contributed by atoms with Gasteiger partial charge in [-0.25, -0.2) is 0 Å². The zero-order valence-electron chi connectivity index (χ0n) is 8.33. The van der Waals surface area contributed by atoms with Crippen molar-refractivity contribution in [1.29, 1.82) is 0 Å². The molecule has 0 aliphatic heterocycles. The SMILES string of the molecule is CN(CC1CC1)c1cccc(Cl)c1N. The summed E-state index contributed by atoms with van der Waals surface area (Å²) < 4.78 is 0. The van der Waals surface area contributed by atoms with Crippen LogP contribution in [-0.4, -0.2) is 13.6 Å². The van der Waals surface area contributed by atoms with Crippen LogP contribution in [0.1, 0.15) is 12.8 Å². The van der Waals surface area contributed by atoms with E-state index in [1.54, 1.807) is 0 Å². The van der Waals surface area contributed by atoms with E-state index in [1.165, 1.54) is 12.8 Å². The number of nitrogen functional groups attached to an aromatic ring is 1. The molecular weight excluding hydrogens is 196 g/mol. The average Bonchev–Trinajstić information content (AvgIpc) is 2.93. The lowest BCUT2D eigenvalue weighted by atomic mass is 10.2. The van der Waals surface area contributed by atoms with Crippen LogP contribution >= 0.6 is 11.6 Å². The van der Waals surface area contributed by atoms with Crippen LogP contribution in [0, 0.1) is 5.92 Å². The molecule has 0 bridgehead atoms. The molecule has 0 heterocycles. The molecule has 0 radical (unpaired) electrons. The summed E-state index contributed by atoms with van der Waals surface area (Å²) >= 11 is 5.96. The summed E-state index contributed by atoms with van der Waals surface area (Å²) in [6, 6.07) is 5.78. The second-order valence-electron chi connectivity index (χ2n) is 4.00. The molecule has 0 unspecified atom stereocenters. The minimum absolute atomic E-state index is 0.644. The highest BCUT2D eigenvalue weighted by atomic mass is 35.5. The molecule has 2 N–H and O–H groups in total. The van der Waals surface area contributed by atoms with E-state index in [2.05, 4.69) is 11.9 Å². The number of hydrogen-bond donors (Lipinski definition) is 1. The first-order chi connectivity index (χ1) is 6.68. The summed E-state index contributed by atoms with van der Waals surface area (Å²) in [6.07, 6.45) is 2.70. The Morgan fingerprint density at radius 1 is 1.50 bits per heavy atom. The monoisotopic (exact) mass is 210 g/mol. The van der Waals surface area contributed by atoms with Crippen LogP contribution in [0.15, 0.2) is 18.2 Å². The number of anilines is 2. The van der Waals surface area contributed by atoms with Crippen LogP contribution in [0.5, 0.6) is 0 Å². The molecule has 2 rings (SSSR count). The Morgan fingerprint density at radius 3 is 2.86 bits per heavy atom. The largest absolute Gasteiger partial charge is 0.396 e. The van der Waals surface area contributed by atoms with Crippen molar-refractivity contribution in [3.8, 4) is 0 Å². The number of para-hydroxylation sites is 1. The molecule has 0 atom stereocenters. The van der Waals surface area contributed by atoms with E-state index < -0.39 is 0 Å². The molecule has 0 saturated heterocycles. The van der Waals surface area contributed by atoms with Crippen LogP contribution in [0.2, 0.25) is 5.02 Å². The van der Waals surface area contributed by atoms with Gasteiger partial charge in [0.25, 0.3) is 0 Å². The van der Waals surface area contributed by atoms with Gasteiger partial charge in [-0.05, 0) is 30.9 Å². The Bertz CT molecular complexity index is 334. The number of nitrogens with two attached hydrogens (primary N) is 1. The molecule has 1 aliphatic carbocycles. The standard InChI is InChI=1S/C11H15ClN2/c1-14(7-8-5-6-8)10-4-2-3-9(12)11(10)13/h2-4,8H,5-7,13H2,1H3. The van der Waals surface area contributed by atoms with Crippen molar-refractivity contribution in [2.45, 2.75) is 12.8 Å². The summed E-state index contributed by atoms with van der Waals surface area (Å²) in [5.74, 6) is 0.860. The normalized spacial score (nSPS) is 15.6. The van der Waals surface area contributed by atoms with Crippen molar-refractivity contribution in [3.05, 3.63) is 23.2 Å². The Kier molecular flexibility index (Phi) is 2.55. The van der Waals surface area contributed by atoms with Gasteiger partial charge in [0.05, 0.1) is 16.4 Å². The third kappa shape index (κ3) is 1.95. The number of halogens is 1. The topological polar surface area (TPSA) is 29.3 Å². The number of nitrogens with zero attached hydrogens (tertiary/aromatic N) is 1. The molecule has 3 heteroatoms. The van der Waals surface area contributed by atoms with E-state index in [9.17, 15) is 0 Å². The highest BCUT2D eigenvalue weighted by Gasteiger charge is 2.23. The molecule has 0 aromatic heterocycles. The fourth-order valence-corrected chi connectivity index (χ4v) is 1.81. The minimum atomic E-state index is 0.644. The predicted octanol–water partition coefficient (Wildman–Crippen LogP) is 2.77. The van der Waals surface area contributed by atoms with E-state index in [1.807, 2.05) is 18.2 Å². The molecule has 1 aromatic carbocycles. The first-order valence-electron chi connectivity index (χ1n) is 4.93. The fraction of sp³-hybridized carbons (Fsp3) is 0.455. The van der Waals surface area contributed by atoms with Crippen LogP contribution < -0.4 is 10.6 Å². The van der Waals surface area contributed by atoms with Gasteiger partial charge in [-0.3, -0.25) is 0 Å². The fourth-order valence-electron chi connectivity index (χ4n) is 1.64. The van der Waals surface area contributed by atoms with Gasteiger partial charge >= 0.3 is 0 Å². The van der Waals surface area contributed by atoms with Crippen molar-refractivity contribution in [1.82, 2.24) is 0 Å². The van der Waals surface area contributed by atoms with Gasteiger partial charge in [0, 0.05) is 13.6 Å². The van der Waals surface area contributed by atoms with Gasteiger partial charge in [0.1, 0.15) is 0 Å². The number of hydrogen-bond acceptors (Lipinski definition) is 2. The zero-order chi connectivity index (χ0) is 10.1. The molecule has 1 saturated carbocycles.